The summed E-state index contributed by atoms with van der Waals surface area (Å²) in [6, 6.07) is 10.4. The fraction of sp³-hybridized carbons (Fsp3) is 0.214. The highest BCUT2D eigenvalue weighted by atomic mass is 16.4. The van der Waals surface area contributed by atoms with Crippen LogP contribution in [-0.4, -0.2) is 28.1 Å². The van der Waals surface area contributed by atoms with Gasteiger partial charge in [-0.1, -0.05) is 42.5 Å². The molecule has 0 aliphatic heterocycles. The van der Waals surface area contributed by atoms with Crippen molar-refractivity contribution in [3.8, 4) is 0 Å². The Hall–Kier alpha value is -2.83. The molecule has 0 spiro atoms. The number of hydrogen-bond donors (Lipinski definition) is 5. The van der Waals surface area contributed by atoms with E-state index in [1.807, 2.05) is 6.07 Å². The summed E-state index contributed by atoms with van der Waals surface area (Å²) in [5, 5.41) is 22.0. The van der Waals surface area contributed by atoms with Crippen molar-refractivity contribution >= 4 is 17.9 Å². The summed E-state index contributed by atoms with van der Waals surface area (Å²) in [5.74, 6) is 0.433. The third-order valence-corrected chi connectivity index (χ3v) is 2.43. The molecule has 1 aromatic carbocycles. The zero-order chi connectivity index (χ0) is 16.3. The van der Waals surface area contributed by atoms with Gasteiger partial charge in [0, 0.05) is 18.1 Å². The molecular formula is C14H19N3O4. The van der Waals surface area contributed by atoms with Crippen LogP contribution >= 0.6 is 0 Å². The third-order valence-electron chi connectivity index (χ3n) is 2.43. The molecule has 21 heavy (non-hydrogen) atoms. The number of amides is 2. The molecular weight excluding hydrogens is 274 g/mol. The first kappa shape index (κ1) is 18.2. The van der Waals surface area contributed by atoms with Gasteiger partial charge >= 0.3 is 12.2 Å². The smallest absolute Gasteiger partial charge is 0.402 e. The van der Waals surface area contributed by atoms with E-state index in [4.69, 9.17) is 25.2 Å². The maximum atomic E-state index is 8.78. The minimum absolute atomic E-state index is 0.433. The minimum Gasteiger partial charge on any atom is -0.465 e. The number of nitrogens with two attached hydrogens (primary N) is 2. The molecule has 1 unspecified atom stereocenters. The fourth-order valence-electron chi connectivity index (χ4n) is 1.72. The average Bonchev–Trinajstić information content (AvgIpc) is 2.38. The largest absolute Gasteiger partial charge is 0.465 e. The lowest BCUT2D eigenvalue weighted by Crippen LogP contribution is -2.07. The van der Waals surface area contributed by atoms with E-state index in [-0.39, 0.29) is 0 Å². The zero-order valence-electron chi connectivity index (χ0n) is 11.4. The van der Waals surface area contributed by atoms with Gasteiger partial charge in [-0.15, -0.1) is 0 Å². The van der Waals surface area contributed by atoms with Gasteiger partial charge in [0.05, 0.1) is 0 Å². The van der Waals surface area contributed by atoms with Crippen LogP contribution in [0.1, 0.15) is 24.3 Å². The van der Waals surface area contributed by atoms with Crippen LogP contribution in [0.5, 0.6) is 0 Å². The van der Waals surface area contributed by atoms with Crippen LogP contribution in [0.3, 0.4) is 0 Å². The van der Waals surface area contributed by atoms with Crippen molar-refractivity contribution in [2.24, 2.45) is 11.5 Å². The molecule has 1 aliphatic rings. The number of hydrogen-bond acceptors (Lipinski definition) is 3. The van der Waals surface area contributed by atoms with Crippen LogP contribution in [0.25, 0.3) is 0 Å². The van der Waals surface area contributed by atoms with Crippen LogP contribution in [0.15, 0.2) is 42.5 Å². The van der Waals surface area contributed by atoms with E-state index in [9.17, 15) is 0 Å². The van der Waals surface area contributed by atoms with Crippen molar-refractivity contribution < 1.29 is 19.8 Å². The Labute approximate surface area is 122 Å². The van der Waals surface area contributed by atoms with E-state index < -0.39 is 12.2 Å². The molecule has 0 heterocycles. The highest BCUT2D eigenvalue weighted by Gasteiger charge is 2.13. The molecule has 7 N–H and O–H groups in total. The maximum absolute atomic E-state index is 8.78. The molecule has 2 rings (SSSR count). The average molecular weight is 293 g/mol. The van der Waals surface area contributed by atoms with Crippen LogP contribution in [0.4, 0.5) is 9.59 Å². The standard InChI is InChI=1S/C12H13N.2CH3NO2/c13-12-8-4-7-11(9-12)10-5-2-1-3-6-10;2*2-1(3)4/h1-7,11,13H,8-9H2;2*2H2,(H,3,4). The minimum atomic E-state index is -1.33. The highest BCUT2D eigenvalue weighted by Crippen LogP contribution is 2.25. The van der Waals surface area contributed by atoms with Crippen LogP contribution in [-0.2, 0) is 0 Å². The monoisotopic (exact) mass is 293 g/mol. The molecule has 1 aliphatic carbocycles. The second kappa shape index (κ2) is 10.0. The second-order valence-electron chi connectivity index (χ2n) is 4.13. The van der Waals surface area contributed by atoms with Crippen LogP contribution < -0.4 is 11.5 Å². The molecule has 0 fully saturated rings. The molecule has 0 aromatic heterocycles. The van der Waals surface area contributed by atoms with Gasteiger partial charge in [0.25, 0.3) is 0 Å². The number of benzene rings is 1. The summed E-state index contributed by atoms with van der Waals surface area (Å²) < 4.78 is 0. The molecule has 0 saturated heterocycles. The maximum Gasteiger partial charge on any atom is 0.402 e. The van der Waals surface area contributed by atoms with Gasteiger partial charge in [0.15, 0.2) is 0 Å². The summed E-state index contributed by atoms with van der Waals surface area (Å²) in [6.45, 7) is 0. The van der Waals surface area contributed by atoms with E-state index in [0.29, 0.717) is 5.92 Å². The summed E-state index contributed by atoms with van der Waals surface area (Å²) >= 11 is 0. The lowest BCUT2D eigenvalue weighted by molar-refractivity contribution is 0.204. The molecule has 7 nitrogen and oxygen atoms in total. The Morgan fingerprint density at radius 3 is 2.00 bits per heavy atom. The number of rotatable bonds is 1. The Balaban J connectivity index is 0.000000421. The zero-order valence-corrected chi connectivity index (χ0v) is 11.4. The number of carbonyl (C=O) groups is 2. The predicted octanol–water partition coefficient (Wildman–Crippen LogP) is 2.39. The van der Waals surface area contributed by atoms with Gasteiger partial charge in [0.2, 0.25) is 0 Å². The fourth-order valence-corrected chi connectivity index (χ4v) is 1.72. The van der Waals surface area contributed by atoms with Crippen molar-refractivity contribution in [2.75, 3.05) is 0 Å². The molecule has 0 radical (unpaired) electrons. The van der Waals surface area contributed by atoms with E-state index in [1.54, 1.807) is 0 Å². The normalized spacial score (nSPS) is 15.8. The Bertz CT molecular complexity index is 480. The predicted molar refractivity (Wildman–Crippen MR) is 79.7 cm³/mol. The van der Waals surface area contributed by atoms with Gasteiger partial charge in [0.1, 0.15) is 0 Å². The molecule has 1 aromatic rings. The first-order valence-electron chi connectivity index (χ1n) is 6.07. The van der Waals surface area contributed by atoms with E-state index in [2.05, 4.69) is 47.9 Å². The topological polar surface area (TPSA) is 150 Å². The van der Waals surface area contributed by atoms with Crippen LogP contribution in [0.2, 0.25) is 0 Å². The molecule has 0 saturated carbocycles. The summed E-state index contributed by atoms with van der Waals surface area (Å²) in [5.41, 5.74) is 10.2. The summed E-state index contributed by atoms with van der Waals surface area (Å²) in [7, 11) is 0. The lowest BCUT2D eigenvalue weighted by Gasteiger charge is -2.17. The molecule has 0 bridgehead atoms. The van der Waals surface area contributed by atoms with Gasteiger partial charge in [-0.3, -0.25) is 0 Å². The Morgan fingerprint density at radius 2 is 1.57 bits per heavy atom. The second-order valence-corrected chi connectivity index (χ2v) is 4.13. The van der Waals surface area contributed by atoms with Gasteiger partial charge < -0.3 is 27.1 Å². The van der Waals surface area contributed by atoms with Crippen LogP contribution in [0, 0.1) is 5.41 Å². The Kier molecular flexibility index (Phi) is 8.67. The summed E-state index contributed by atoms with van der Waals surface area (Å²) in [6.07, 6.45) is 3.38. The van der Waals surface area contributed by atoms with Crippen molar-refractivity contribution in [3.63, 3.8) is 0 Å². The number of allylic oxidation sites excluding steroid dienone is 2. The summed E-state index contributed by atoms with van der Waals surface area (Å²) in [4.78, 5) is 17.6. The van der Waals surface area contributed by atoms with E-state index >= 15 is 0 Å². The lowest BCUT2D eigenvalue weighted by atomic mass is 9.88. The van der Waals surface area contributed by atoms with E-state index in [1.165, 1.54) is 5.56 Å². The number of nitrogens with one attached hydrogen (secondary N) is 1. The first-order valence-corrected chi connectivity index (χ1v) is 6.07. The van der Waals surface area contributed by atoms with Crippen molar-refractivity contribution in [1.82, 2.24) is 0 Å². The van der Waals surface area contributed by atoms with Gasteiger partial charge in [-0.05, 0) is 12.0 Å². The van der Waals surface area contributed by atoms with Crippen molar-refractivity contribution in [1.29, 1.82) is 5.41 Å². The van der Waals surface area contributed by atoms with Crippen molar-refractivity contribution in [2.45, 2.75) is 18.8 Å². The van der Waals surface area contributed by atoms with Crippen molar-refractivity contribution in [3.05, 3.63) is 48.0 Å². The SMILES string of the molecule is N=C1CC=CC(c2ccccc2)C1.NC(=O)O.NC(=O)O. The number of primary amides is 2. The third kappa shape index (κ3) is 10.8. The highest BCUT2D eigenvalue weighted by molar-refractivity contribution is 5.84. The quantitative estimate of drug-likeness (QED) is 0.505. The van der Waals surface area contributed by atoms with E-state index in [0.717, 1.165) is 18.6 Å². The van der Waals surface area contributed by atoms with Gasteiger partial charge in [-0.2, -0.15) is 0 Å². The molecule has 2 amide bonds. The molecule has 7 heteroatoms. The molecule has 114 valence electrons. The Morgan fingerprint density at radius 1 is 1.10 bits per heavy atom. The molecule has 1 atom stereocenters. The number of carboxylic acid groups (broad SMARTS) is 2. The first-order chi connectivity index (χ1) is 9.82. The van der Waals surface area contributed by atoms with Gasteiger partial charge in [-0.25, -0.2) is 9.59 Å².